The van der Waals surface area contributed by atoms with Crippen molar-refractivity contribution in [3.05, 3.63) is 59.7 Å². The molecule has 6 nitrogen and oxygen atoms in total. The molecule has 0 aliphatic rings. The van der Waals surface area contributed by atoms with E-state index in [1.165, 1.54) is 19.2 Å². The molecule has 0 fully saturated rings. The average molecular weight is 376 g/mol. The standard InChI is InChI=1S/C19H24N2O4S/c1-15-7-9-18(10-8-15)26(23,24)21(3)14-19(22)20-11-12-25-17-6-4-5-16(2)13-17/h4-10,13H,11-12,14H2,1-3H3,(H,20,22). The minimum atomic E-state index is -3.69. The Morgan fingerprint density at radius 2 is 1.77 bits per heavy atom. The Hall–Kier alpha value is -2.38. The predicted molar refractivity (Wildman–Crippen MR) is 101 cm³/mol. The van der Waals surface area contributed by atoms with E-state index >= 15 is 0 Å². The van der Waals surface area contributed by atoms with Crippen LogP contribution in [-0.4, -0.2) is 45.4 Å². The first-order chi connectivity index (χ1) is 12.3. The lowest BCUT2D eigenvalue weighted by atomic mass is 10.2. The van der Waals surface area contributed by atoms with Crippen molar-refractivity contribution in [3.63, 3.8) is 0 Å². The number of carbonyl (C=O) groups is 1. The third-order valence-electron chi connectivity index (χ3n) is 3.78. The largest absolute Gasteiger partial charge is 0.492 e. The van der Waals surface area contributed by atoms with Gasteiger partial charge in [0, 0.05) is 7.05 Å². The van der Waals surface area contributed by atoms with Crippen molar-refractivity contribution >= 4 is 15.9 Å². The monoisotopic (exact) mass is 376 g/mol. The summed E-state index contributed by atoms with van der Waals surface area (Å²) < 4.78 is 31.5. The molecule has 0 aromatic heterocycles. The number of rotatable bonds is 8. The van der Waals surface area contributed by atoms with Gasteiger partial charge < -0.3 is 10.1 Å². The number of sulfonamides is 1. The van der Waals surface area contributed by atoms with E-state index in [1.54, 1.807) is 12.1 Å². The third-order valence-corrected chi connectivity index (χ3v) is 5.60. The number of aryl methyl sites for hydroxylation is 2. The minimum absolute atomic E-state index is 0.168. The van der Waals surface area contributed by atoms with Crippen LogP contribution in [0.3, 0.4) is 0 Å². The first-order valence-electron chi connectivity index (χ1n) is 8.28. The van der Waals surface area contributed by atoms with Crippen LogP contribution in [0.4, 0.5) is 0 Å². The minimum Gasteiger partial charge on any atom is -0.492 e. The fourth-order valence-corrected chi connectivity index (χ4v) is 3.42. The Labute approximate surface area is 154 Å². The van der Waals surface area contributed by atoms with Gasteiger partial charge in [0.2, 0.25) is 15.9 Å². The second-order valence-electron chi connectivity index (χ2n) is 6.09. The Bertz CT molecular complexity index is 848. The van der Waals surface area contributed by atoms with Crippen molar-refractivity contribution in [2.45, 2.75) is 18.7 Å². The van der Waals surface area contributed by atoms with E-state index in [0.29, 0.717) is 13.2 Å². The molecule has 2 rings (SSSR count). The van der Waals surface area contributed by atoms with Crippen LogP contribution >= 0.6 is 0 Å². The normalized spacial score (nSPS) is 11.4. The number of benzene rings is 2. The van der Waals surface area contributed by atoms with E-state index in [9.17, 15) is 13.2 Å². The molecule has 1 amide bonds. The van der Waals surface area contributed by atoms with Gasteiger partial charge in [0.15, 0.2) is 0 Å². The molecule has 0 saturated carbocycles. The van der Waals surface area contributed by atoms with Crippen LogP contribution in [0.5, 0.6) is 5.75 Å². The fourth-order valence-electron chi connectivity index (χ4n) is 2.30. The van der Waals surface area contributed by atoms with E-state index in [1.807, 2.05) is 38.1 Å². The Kier molecular flexibility index (Phi) is 6.76. The summed E-state index contributed by atoms with van der Waals surface area (Å²) >= 11 is 0. The number of likely N-dealkylation sites (N-methyl/N-ethyl adjacent to an activating group) is 1. The lowest BCUT2D eigenvalue weighted by molar-refractivity contribution is -0.121. The molecule has 2 aromatic carbocycles. The van der Waals surface area contributed by atoms with Crippen LogP contribution in [0.2, 0.25) is 0 Å². The molecule has 0 radical (unpaired) electrons. The highest BCUT2D eigenvalue weighted by atomic mass is 32.2. The average Bonchev–Trinajstić information content (AvgIpc) is 2.59. The van der Waals surface area contributed by atoms with Gasteiger partial charge in [-0.25, -0.2) is 8.42 Å². The van der Waals surface area contributed by atoms with Crippen LogP contribution in [-0.2, 0) is 14.8 Å². The quantitative estimate of drug-likeness (QED) is 0.716. The highest BCUT2D eigenvalue weighted by molar-refractivity contribution is 7.89. The summed E-state index contributed by atoms with van der Waals surface area (Å²) in [7, 11) is -2.30. The van der Waals surface area contributed by atoms with Crippen molar-refractivity contribution in [1.82, 2.24) is 9.62 Å². The topological polar surface area (TPSA) is 75.7 Å². The number of nitrogens with zero attached hydrogens (tertiary/aromatic N) is 1. The molecule has 1 N–H and O–H groups in total. The third kappa shape index (κ3) is 5.57. The number of carbonyl (C=O) groups excluding carboxylic acids is 1. The van der Waals surface area contributed by atoms with Crippen LogP contribution in [0, 0.1) is 13.8 Å². The maximum atomic E-state index is 12.4. The van der Waals surface area contributed by atoms with E-state index < -0.39 is 10.0 Å². The number of ether oxygens (including phenoxy) is 1. The summed E-state index contributed by atoms with van der Waals surface area (Å²) in [6.07, 6.45) is 0. The molecule has 0 spiro atoms. The lowest BCUT2D eigenvalue weighted by Crippen LogP contribution is -2.39. The van der Waals surface area contributed by atoms with E-state index in [2.05, 4.69) is 5.32 Å². The predicted octanol–water partition coefficient (Wildman–Crippen LogP) is 2.12. The van der Waals surface area contributed by atoms with Crippen molar-refractivity contribution in [2.24, 2.45) is 0 Å². The van der Waals surface area contributed by atoms with Crippen LogP contribution < -0.4 is 10.1 Å². The van der Waals surface area contributed by atoms with Crippen LogP contribution in [0.1, 0.15) is 11.1 Å². The van der Waals surface area contributed by atoms with Gasteiger partial charge in [0.1, 0.15) is 12.4 Å². The number of hydrogen-bond donors (Lipinski definition) is 1. The smallest absolute Gasteiger partial charge is 0.243 e. The fraction of sp³-hybridized carbons (Fsp3) is 0.316. The van der Waals surface area contributed by atoms with Crippen molar-refractivity contribution < 1.29 is 17.9 Å². The molecule has 0 aliphatic carbocycles. The molecular weight excluding hydrogens is 352 g/mol. The SMILES string of the molecule is Cc1ccc(S(=O)(=O)N(C)CC(=O)NCCOc2cccc(C)c2)cc1. The molecule has 26 heavy (non-hydrogen) atoms. The molecule has 0 heterocycles. The van der Waals surface area contributed by atoms with Gasteiger partial charge in [-0.1, -0.05) is 29.8 Å². The zero-order valence-electron chi connectivity index (χ0n) is 15.2. The summed E-state index contributed by atoms with van der Waals surface area (Å²) in [5.74, 6) is 0.356. The van der Waals surface area contributed by atoms with Crippen molar-refractivity contribution in [2.75, 3.05) is 26.7 Å². The molecule has 7 heteroatoms. The van der Waals surface area contributed by atoms with Crippen LogP contribution in [0.25, 0.3) is 0 Å². The summed E-state index contributed by atoms with van der Waals surface area (Å²) in [6, 6.07) is 14.1. The van der Waals surface area contributed by atoms with Crippen molar-refractivity contribution in [1.29, 1.82) is 0 Å². The van der Waals surface area contributed by atoms with Gasteiger partial charge >= 0.3 is 0 Å². The van der Waals surface area contributed by atoms with Gasteiger partial charge in [-0.2, -0.15) is 4.31 Å². The zero-order chi connectivity index (χ0) is 19.2. The maximum absolute atomic E-state index is 12.4. The van der Waals surface area contributed by atoms with E-state index in [-0.39, 0.29) is 17.3 Å². The molecular formula is C19H24N2O4S. The molecule has 2 aromatic rings. The van der Waals surface area contributed by atoms with Gasteiger partial charge in [-0.3, -0.25) is 4.79 Å². The van der Waals surface area contributed by atoms with Crippen LogP contribution in [0.15, 0.2) is 53.4 Å². The molecule has 0 atom stereocenters. The number of hydrogen-bond acceptors (Lipinski definition) is 4. The second-order valence-corrected chi connectivity index (χ2v) is 8.13. The first kappa shape index (κ1) is 19.9. The zero-order valence-corrected chi connectivity index (χ0v) is 16.0. The highest BCUT2D eigenvalue weighted by Crippen LogP contribution is 2.14. The highest BCUT2D eigenvalue weighted by Gasteiger charge is 2.22. The van der Waals surface area contributed by atoms with Gasteiger partial charge in [0.25, 0.3) is 0 Å². The lowest BCUT2D eigenvalue weighted by Gasteiger charge is -2.17. The van der Waals surface area contributed by atoms with Gasteiger partial charge in [0.05, 0.1) is 18.0 Å². The summed E-state index contributed by atoms with van der Waals surface area (Å²) in [6.45, 7) is 4.21. The number of amides is 1. The molecule has 0 bridgehead atoms. The van der Waals surface area contributed by atoms with Gasteiger partial charge in [-0.05, 0) is 43.7 Å². The first-order valence-corrected chi connectivity index (χ1v) is 9.72. The molecule has 140 valence electrons. The number of nitrogens with one attached hydrogen (secondary N) is 1. The summed E-state index contributed by atoms with van der Waals surface area (Å²) in [5, 5.41) is 2.66. The Balaban J connectivity index is 1.80. The van der Waals surface area contributed by atoms with E-state index in [4.69, 9.17) is 4.74 Å². The summed E-state index contributed by atoms with van der Waals surface area (Å²) in [4.78, 5) is 12.1. The molecule has 0 saturated heterocycles. The second kappa shape index (κ2) is 8.82. The van der Waals surface area contributed by atoms with Gasteiger partial charge in [-0.15, -0.1) is 0 Å². The molecule has 0 aliphatic heterocycles. The Morgan fingerprint density at radius 3 is 2.42 bits per heavy atom. The Morgan fingerprint density at radius 1 is 1.08 bits per heavy atom. The maximum Gasteiger partial charge on any atom is 0.243 e. The summed E-state index contributed by atoms with van der Waals surface area (Å²) in [5.41, 5.74) is 2.06. The molecule has 0 unspecified atom stereocenters. The van der Waals surface area contributed by atoms with E-state index in [0.717, 1.165) is 21.2 Å². The van der Waals surface area contributed by atoms with Crippen molar-refractivity contribution in [3.8, 4) is 5.75 Å².